The van der Waals surface area contributed by atoms with E-state index in [9.17, 15) is 9.18 Å². The molecular weight excluding hydrogens is 303 g/mol. The molecule has 1 N–H and O–H groups in total. The summed E-state index contributed by atoms with van der Waals surface area (Å²) >= 11 is 5.82. The van der Waals surface area contributed by atoms with Gasteiger partial charge in [-0.05, 0) is 55.3 Å². The zero-order chi connectivity index (χ0) is 15.5. The molecule has 1 aromatic carbocycles. The highest BCUT2D eigenvalue weighted by Crippen LogP contribution is 2.32. The summed E-state index contributed by atoms with van der Waals surface area (Å²) in [5.41, 5.74) is 1.03. The molecule has 0 bridgehead atoms. The van der Waals surface area contributed by atoms with Crippen LogP contribution >= 0.6 is 11.6 Å². The fraction of sp³-hybridized carbons (Fsp3) is 0.588. The van der Waals surface area contributed by atoms with Gasteiger partial charge in [-0.1, -0.05) is 17.7 Å². The van der Waals surface area contributed by atoms with Crippen molar-refractivity contribution in [2.45, 2.75) is 32.2 Å². The van der Waals surface area contributed by atoms with Crippen molar-refractivity contribution in [1.82, 2.24) is 10.2 Å². The predicted octanol–water partition coefficient (Wildman–Crippen LogP) is 3.22. The maximum absolute atomic E-state index is 13.2. The van der Waals surface area contributed by atoms with E-state index < -0.39 is 0 Å². The van der Waals surface area contributed by atoms with E-state index in [4.69, 9.17) is 11.6 Å². The molecule has 1 saturated carbocycles. The summed E-state index contributed by atoms with van der Waals surface area (Å²) < 4.78 is 13.2. The van der Waals surface area contributed by atoms with Crippen LogP contribution in [0, 0.1) is 17.7 Å². The number of rotatable bonds is 6. The number of amides is 1. The quantitative estimate of drug-likeness (QED) is 0.871. The first-order valence-electron chi connectivity index (χ1n) is 8.03. The Hall–Kier alpha value is -1.13. The smallest absolute Gasteiger partial charge is 0.220 e. The van der Waals surface area contributed by atoms with Crippen LogP contribution in [0.2, 0.25) is 5.02 Å². The van der Waals surface area contributed by atoms with E-state index >= 15 is 0 Å². The number of hydrogen-bond donors (Lipinski definition) is 1. The monoisotopic (exact) mass is 324 g/mol. The summed E-state index contributed by atoms with van der Waals surface area (Å²) in [5, 5.41) is 3.24. The molecule has 0 spiro atoms. The minimum absolute atomic E-state index is 0.181. The molecule has 3 rings (SSSR count). The van der Waals surface area contributed by atoms with Crippen LogP contribution in [0.4, 0.5) is 4.39 Å². The zero-order valence-corrected chi connectivity index (χ0v) is 13.4. The number of nitrogens with one attached hydrogen (secondary N) is 1. The fourth-order valence-corrected chi connectivity index (χ4v) is 3.24. The van der Waals surface area contributed by atoms with E-state index in [2.05, 4.69) is 10.2 Å². The summed E-state index contributed by atoms with van der Waals surface area (Å²) in [5.74, 6) is 0.983. The molecule has 1 amide bonds. The van der Waals surface area contributed by atoms with Gasteiger partial charge in [-0.15, -0.1) is 0 Å². The van der Waals surface area contributed by atoms with Crippen molar-refractivity contribution < 1.29 is 9.18 Å². The lowest BCUT2D eigenvalue weighted by molar-refractivity contribution is -0.121. The van der Waals surface area contributed by atoms with Gasteiger partial charge < -0.3 is 5.32 Å². The Bertz CT molecular complexity index is 547. The van der Waals surface area contributed by atoms with Crippen LogP contribution < -0.4 is 5.32 Å². The molecule has 22 heavy (non-hydrogen) atoms. The van der Waals surface area contributed by atoms with Gasteiger partial charge >= 0.3 is 0 Å². The average molecular weight is 325 g/mol. The SMILES string of the molecule is O=C(CC1CC1)NC[C@@H]1CCN(Cc2ccc(F)c(Cl)c2)C1. The van der Waals surface area contributed by atoms with E-state index in [0.717, 1.165) is 38.2 Å². The van der Waals surface area contributed by atoms with Gasteiger partial charge in [0.05, 0.1) is 5.02 Å². The lowest BCUT2D eigenvalue weighted by Gasteiger charge is -2.16. The van der Waals surface area contributed by atoms with Gasteiger partial charge in [0.1, 0.15) is 5.82 Å². The van der Waals surface area contributed by atoms with E-state index in [1.807, 2.05) is 0 Å². The maximum atomic E-state index is 13.2. The van der Waals surface area contributed by atoms with E-state index in [-0.39, 0.29) is 16.7 Å². The fourth-order valence-electron chi connectivity index (χ4n) is 3.03. The zero-order valence-electron chi connectivity index (χ0n) is 12.7. The highest BCUT2D eigenvalue weighted by molar-refractivity contribution is 6.30. The van der Waals surface area contributed by atoms with Crippen LogP contribution in [0.3, 0.4) is 0 Å². The first kappa shape index (κ1) is 15.8. The molecule has 0 unspecified atom stereocenters. The van der Waals surface area contributed by atoms with Gasteiger partial charge in [0.2, 0.25) is 5.91 Å². The lowest BCUT2D eigenvalue weighted by atomic mass is 10.1. The highest BCUT2D eigenvalue weighted by Gasteiger charge is 2.26. The molecule has 1 heterocycles. The van der Waals surface area contributed by atoms with Gasteiger partial charge in [-0.3, -0.25) is 9.69 Å². The van der Waals surface area contributed by atoms with Gasteiger partial charge in [-0.2, -0.15) is 0 Å². The van der Waals surface area contributed by atoms with Crippen molar-refractivity contribution in [2.75, 3.05) is 19.6 Å². The van der Waals surface area contributed by atoms with Crippen molar-refractivity contribution in [3.8, 4) is 0 Å². The van der Waals surface area contributed by atoms with Crippen molar-refractivity contribution in [3.05, 3.63) is 34.6 Å². The van der Waals surface area contributed by atoms with Gasteiger partial charge in [0, 0.05) is 26.1 Å². The standard InChI is InChI=1S/C17H22ClFN2O/c18-15-7-13(3-4-16(15)19)10-21-6-5-14(11-21)9-20-17(22)8-12-1-2-12/h3-4,7,12,14H,1-2,5-6,8-11H2,(H,20,22)/t14-/m0/s1. The second-order valence-electron chi connectivity index (χ2n) is 6.59. The van der Waals surface area contributed by atoms with Crippen LogP contribution in [0.25, 0.3) is 0 Å². The molecule has 0 radical (unpaired) electrons. The summed E-state index contributed by atoms with van der Waals surface area (Å²) in [6, 6.07) is 4.90. The Balaban J connectivity index is 1.41. The largest absolute Gasteiger partial charge is 0.356 e. The van der Waals surface area contributed by atoms with Crippen molar-refractivity contribution in [2.24, 2.45) is 11.8 Å². The highest BCUT2D eigenvalue weighted by atomic mass is 35.5. The number of nitrogens with zero attached hydrogens (tertiary/aromatic N) is 1. The van der Waals surface area contributed by atoms with Crippen LogP contribution in [-0.2, 0) is 11.3 Å². The molecule has 3 nitrogen and oxygen atoms in total. The Morgan fingerprint density at radius 1 is 1.32 bits per heavy atom. The van der Waals surface area contributed by atoms with Crippen molar-refractivity contribution in [1.29, 1.82) is 0 Å². The first-order chi connectivity index (χ1) is 10.6. The number of hydrogen-bond acceptors (Lipinski definition) is 2. The number of halogens is 2. The van der Waals surface area contributed by atoms with Crippen LogP contribution in [0.15, 0.2) is 18.2 Å². The summed E-state index contributed by atoms with van der Waals surface area (Å²) in [7, 11) is 0. The molecule has 2 aliphatic rings. The molecule has 120 valence electrons. The summed E-state index contributed by atoms with van der Waals surface area (Å²) in [4.78, 5) is 14.1. The molecule has 5 heteroatoms. The van der Waals surface area contributed by atoms with Crippen LogP contribution in [-0.4, -0.2) is 30.4 Å². The third kappa shape index (κ3) is 4.43. The van der Waals surface area contributed by atoms with E-state index in [1.165, 1.54) is 18.9 Å². The van der Waals surface area contributed by atoms with Crippen molar-refractivity contribution in [3.63, 3.8) is 0 Å². The Morgan fingerprint density at radius 2 is 2.14 bits per heavy atom. The topological polar surface area (TPSA) is 32.3 Å². The van der Waals surface area contributed by atoms with Gasteiger partial charge in [-0.25, -0.2) is 4.39 Å². The molecule has 1 saturated heterocycles. The Morgan fingerprint density at radius 3 is 2.86 bits per heavy atom. The molecule has 1 atom stereocenters. The normalized spacial score (nSPS) is 22.0. The number of likely N-dealkylation sites (tertiary alicyclic amines) is 1. The Labute approximate surface area is 135 Å². The van der Waals surface area contributed by atoms with E-state index in [1.54, 1.807) is 12.1 Å². The summed E-state index contributed by atoms with van der Waals surface area (Å²) in [6.07, 6.45) is 4.22. The molecule has 0 aromatic heterocycles. The van der Waals surface area contributed by atoms with E-state index in [0.29, 0.717) is 18.3 Å². The average Bonchev–Trinajstić information content (AvgIpc) is 3.18. The van der Waals surface area contributed by atoms with Gasteiger partial charge in [0.15, 0.2) is 0 Å². The minimum atomic E-state index is -0.372. The molecular formula is C17H22ClFN2O. The minimum Gasteiger partial charge on any atom is -0.356 e. The number of carbonyl (C=O) groups excluding carboxylic acids is 1. The van der Waals surface area contributed by atoms with Crippen LogP contribution in [0.1, 0.15) is 31.2 Å². The Kier molecular flexibility index (Phi) is 4.99. The second-order valence-corrected chi connectivity index (χ2v) is 7.00. The third-order valence-corrected chi connectivity index (χ3v) is 4.81. The number of carbonyl (C=O) groups is 1. The molecule has 1 aliphatic heterocycles. The molecule has 1 aliphatic carbocycles. The first-order valence-corrected chi connectivity index (χ1v) is 8.41. The van der Waals surface area contributed by atoms with Gasteiger partial charge in [0.25, 0.3) is 0 Å². The second kappa shape index (κ2) is 6.97. The predicted molar refractivity (Wildman–Crippen MR) is 85.1 cm³/mol. The number of benzene rings is 1. The van der Waals surface area contributed by atoms with Crippen LogP contribution in [0.5, 0.6) is 0 Å². The lowest BCUT2D eigenvalue weighted by Crippen LogP contribution is -2.31. The molecule has 2 fully saturated rings. The van der Waals surface area contributed by atoms with Crippen molar-refractivity contribution >= 4 is 17.5 Å². The molecule has 1 aromatic rings. The third-order valence-electron chi connectivity index (χ3n) is 4.52. The maximum Gasteiger partial charge on any atom is 0.220 e. The summed E-state index contributed by atoms with van der Waals surface area (Å²) in [6.45, 7) is 3.54.